The summed E-state index contributed by atoms with van der Waals surface area (Å²) < 4.78 is 5.46. The fraction of sp³-hybridized carbons (Fsp3) is 0.931. The van der Waals surface area contributed by atoms with Crippen LogP contribution in [-0.2, 0) is 14.3 Å². The molecule has 0 radical (unpaired) electrons. The molecule has 0 rings (SSSR count). The molecule has 64 heavy (non-hydrogen) atoms. The first kappa shape index (κ1) is 62.6. The van der Waals surface area contributed by atoms with E-state index in [9.17, 15) is 19.8 Å². The molecule has 0 saturated heterocycles. The Morgan fingerprint density at radius 2 is 0.734 bits per heavy atom. The molecule has 0 aliphatic heterocycles. The van der Waals surface area contributed by atoms with Gasteiger partial charge in [-0.05, 0) is 51.4 Å². The zero-order chi connectivity index (χ0) is 46.5. The van der Waals surface area contributed by atoms with Crippen LogP contribution >= 0.6 is 0 Å². The fourth-order valence-electron chi connectivity index (χ4n) is 9.11. The van der Waals surface area contributed by atoms with E-state index in [1.807, 2.05) is 0 Å². The Morgan fingerprint density at radius 3 is 1.14 bits per heavy atom. The number of aliphatic hydroxyl groups is 2. The van der Waals surface area contributed by atoms with Crippen LogP contribution in [0.4, 0.5) is 0 Å². The number of esters is 1. The average Bonchev–Trinajstić information content (AvgIpc) is 3.29. The van der Waals surface area contributed by atoms with E-state index < -0.39 is 12.1 Å². The van der Waals surface area contributed by atoms with Crippen molar-refractivity contribution in [1.82, 2.24) is 5.32 Å². The number of unbranched alkanes of at least 4 members (excludes halogenated alkanes) is 41. The highest BCUT2D eigenvalue weighted by Gasteiger charge is 2.20. The van der Waals surface area contributed by atoms with Gasteiger partial charge in [0, 0.05) is 12.8 Å². The lowest BCUT2D eigenvalue weighted by molar-refractivity contribution is -0.143. The van der Waals surface area contributed by atoms with Crippen LogP contribution in [0.25, 0.3) is 0 Å². The van der Waals surface area contributed by atoms with Crippen molar-refractivity contribution in [2.24, 2.45) is 0 Å². The summed E-state index contributed by atoms with van der Waals surface area (Å²) in [5.74, 6) is -0.0282. The normalized spacial score (nSPS) is 12.6. The number of hydrogen-bond donors (Lipinski definition) is 3. The molecule has 1 amide bonds. The lowest BCUT2D eigenvalue weighted by atomic mass is 10.0. The second kappa shape index (κ2) is 54.2. The molecule has 3 N–H and O–H groups in total. The standard InChI is InChI=1S/C58H113NO5/c1-3-5-7-9-11-13-15-32-36-40-44-48-52-58(63)64-53-49-45-41-37-33-29-27-25-23-21-19-17-16-18-20-22-24-26-28-31-35-39-43-47-51-57(62)59-55(54-60)56(61)50-46-42-38-34-30-14-12-10-8-6-4-2/h11,13,55-56,60-61H,3-10,12,14-54H2,1-2H3,(H,59,62)/b13-11-. The van der Waals surface area contributed by atoms with E-state index in [4.69, 9.17) is 4.74 Å². The van der Waals surface area contributed by atoms with Crippen molar-refractivity contribution in [1.29, 1.82) is 0 Å². The number of nitrogens with one attached hydrogen (secondary N) is 1. The zero-order valence-electron chi connectivity index (χ0n) is 43.3. The van der Waals surface area contributed by atoms with E-state index in [-0.39, 0.29) is 18.5 Å². The summed E-state index contributed by atoms with van der Waals surface area (Å²) in [6, 6.07) is -0.538. The van der Waals surface area contributed by atoms with Crippen LogP contribution in [0.1, 0.15) is 322 Å². The quantitative estimate of drug-likeness (QED) is 0.0321. The molecular weight excluding hydrogens is 791 g/mol. The summed E-state index contributed by atoms with van der Waals surface area (Å²) in [6.45, 7) is 4.93. The minimum atomic E-state index is -0.661. The predicted molar refractivity (Wildman–Crippen MR) is 278 cm³/mol. The molecule has 2 atom stereocenters. The van der Waals surface area contributed by atoms with Crippen molar-refractivity contribution >= 4 is 11.9 Å². The number of hydrogen-bond acceptors (Lipinski definition) is 5. The average molecular weight is 905 g/mol. The van der Waals surface area contributed by atoms with Gasteiger partial charge in [0.2, 0.25) is 5.91 Å². The number of carbonyl (C=O) groups excluding carboxylic acids is 2. The molecule has 0 aromatic heterocycles. The van der Waals surface area contributed by atoms with E-state index in [0.29, 0.717) is 25.9 Å². The van der Waals surface area contributed by atoms with Crippen molar-refractivity contribution in [2.75, 3.05) is 13.2 Å². The Balaban J connectivity index is 3.34. The van der Waals surface area contributed by atoms with Gasteiger partial charge in [-0.25, -0.2) is 0 Å². The van der Waals surface area contributed by atoms with E-state index in [1.165, 1.54) is 244 Å². The largest absolute Gasteiger partial charge is 0.466 e. The second-order valence-corrected chi connectivity index (χ2v) is 20.0. The van der Waals surface area contributed by atoms with Gasteiger partial charge in [-0.1, -0.05) is 270 Å². The lowest BCUT2D eigenvalue weighted by Gasteiger charge is -2.22. The fourth-order valence-corrected chi connectivity index (χ4v) is 9.11. The summed E-state index contributed by atoms with van der Waals surface area (Å²) in [6.07, 6.45) is 63.6. The number of carbonyl (C=O) groups is 2. The van der Waals surface area contributed by atoms with Gasteiger partial charge in [0.1, 0.15) is 0 Å². The summed E-state index contributed by atoms with van der Waals surface area (Å²) in [5, 5.41) is 23.2. The molecule has 0 aliphatic carbocycles. The maximum Gasteiger partial charge on any atom is 0.305 e. The van der Waals surface area contributed by atoms with E-state index in [1.54, 1.807) is 0 Å². The van der Waals surface area contributed by atoms with Gasteiger partial charge in [-0.3, -0.25) is 9.59 Å². The summed E-state index contributed by atoms with van der Waals surface area (Å²) in [4.78, 5) is 24.4. The van der Waals surface area contributed by atoms with Crippen LogP contribution in [0.2, 0.25) is 0 Å². The monoisotopic (exact) mass is 904 g/mol. The smallest absolute Gasteiger partial charge is 0.305 e. The van der Waals surface area contributed by atoms with E-state index in [0.717, 1.165) is 44.9 Å². The molecule has 0 spiro atoms. The highest BCUT2D eigenvalue weighted by Crippen LogP contribution is 2.18. The van der Waals surface area contributed by atoms with Gasteiger partial charge < -0.3 is 20.3 Å². The molecule has 380 valence electrons. The van der Waals surface area contributed by atoms with Crippen molar-refractivity contribution in [3.8, 4) is 0 Å². The van der Waals surface area contributed by atoms with Crippen LogP contribution in [0.5, 0.6) is 0 Å². The number of ether oxygens (including phenoxy) is 1. The number of allylic oxidation sites excluding steroid dienone is 2. The first-order valence-corrected chi connectivity index (χ1v) is 28.9. The molecule has 0 heterocycles. The molecule has 6 nitrogen and oxygen atoms in total. The van der Waals surface area contributed by atoms with Gasteiger partial charge in [0.05, 0.1) is 25.4 Å². The van der Waals surface area contributed by atoms with Gasteiger partial charge in [-0.2, -0.15) is 0 Å². The van der Waals surface area contributed by atoms with E-state index in [2.05, 4.69) is 31.3 Å². The number of amides is 1. The van der Waals surface area contributed by atoms with Crippen molar-refractivity contribution in [2.45, 2.75) is 334 Å². The maximum atomic E-state index is 12.4. The van der Waals surface area contributed by atoms with Gasteiger partial charge in [0.25, 0.3) is 0 Å². The Kier molecular flexibility index (Phi) is 53.0. The summed E-state index contributed by atoms with van der Waals surface area (Å²) in [7, 11) is 0. The van der Waals surface area contributed by atoms with Crippen LogP contribution in [0.15, 0.2) is 12.2 Å². The third-order valence-electron chi connectivity index (χ3n) is 13.6. The lowest BCUT2D eigenvalue weighted by Crippen LogP contribution is -2.45. The van der Waals surface area contributed by atoms with Crippen LogP contribution in [0.3, 0.4) is 0 Å². The Morgan fingerprint density at radius 1 is 0.422 bits per heavy atom. The first-order valence-electron chi connectivity index (χ1n) is 28.9. The molecule has 6 heteroatoms. The van der Waals surface area contributed by atoms with Gasteiger partial charge >= 0.3 is 5.97 Å². The highest BCUT2D eigenvalue weighted by molar-refractivity contribution is 5.76. The highest BCUT2D eigenvalue weighted by atomic mass is 16.5. The summed E-state index contributed by atoms with van der Waals surface area (Å²) >= 11 is 0. The topological polar surface area (TPSA) is 95.9 Å². The second-order valence-electron chi connectivity index (χ2n) is 20.0. The van der Waals surface area contributed by atoms with Crippen LogP contribution in [0, 0.1) is 0 Å². The molecule has 0 bridgehead atoms. The van der Waals surface area contributed by atoms with E-state index >= 15 is 0 Å². The van der Waals surface area contributed by atoms with Gasteiger partial charge in [-0.15, -0.1) is 0 Å². The molecule has 0 aliphatic rings. The Bertz CT molecular complexity index is 955. The summed E-state index contributed by atoms with van der Waals surface area (Å²) in [5.41, 5.74) is 0. The number of aliphatic hydroxyl groups excluding tert-OH is 2. The third-order valence-corrected chi connectivity index (χ3v) is 13.6. The van der Waals surface area contributed by atoms with Crippen LogP contribution in [-0.4, -0.2) is 47.4 Å². The molecule has 0 aromatic rings. The minimum absolute atomic E-state index is 0.00556. The molecular formula is C58H113NO5. The molecule has 0 aromatic carbocycles. The maximum absolute atomic E-state index is 12.4. The first-order chi connectivity index (χ1) is 31.5. The molecule has 2 unspecified atom stereocenters. The third kappa shape index (κ3) is 50.0. The SMILES string of the molecule is CCCCC/C=C\CCCCCCCC(=O)OCCCCCCCCCCCCCCCCCCCCCCCCCCC(=O)NC(CO)C(O)CCCCCCCCCCCCC. The Labute approximate surface area is 399 Å². The van der Waals surface area contributed by atoms with Gasteiger partial charge in [0.15, 0.2) is 0 Å². The Hall–Kier alpha value is -1.40. The minimum Gasteiger partial charge on any atom is -0.466 e. The molecule has 0 saturated carbocycles. The number of rotatable bonds is 54. The van der Waals surface area contributed by atoms with Crippen LogP contribution < -0.4 is 5.32 Å². The predicted octanol–water partition coefficient (Wildman–Crippen LogP) is 17.7. The van der Waals surface area contributed by atoms with Crippen molar-refractivity contribution in [3.05, 3.63) is 12.2 Å². The zero-order valence-corrected chi connectivity index (χ0v) is 43.3. The van der Waals surface area contributed by atoms with Crippen molar-refractivity contribution < 1.29 is 24.5 Å². The van der Waals surface area contributed by atoms with Crippen molar-refractivity contribution in [3.63, 3.8) is 0 Å². The molecule has 0 fully saturated rings.